The van der Waals surface area contributed by atoms with Crippen molar-refractivity contribution < 1.29 is 14.3 Å². The highest BCUT2D eigenvalue weighted by Crippen LogP contribution is 2.43. The summed E-state index contributed by atoms with van der Waals surface area (Å²) < 4.78 is 10.9. The molecular weight excluding hydrogens is 380 g/mol. The summed E-state index contributed by atoms with van der Waals surface area (Å²) in [5.41, 5.74) is 1.21. The average Bonchev–Trinajstić information content (AvgIpc) is 2.68. The van der Waals surface area contributed by atoms with Gasteiger partial charge in [-0.3, -0.25) is 15.0 Å². The lowest BCUT2D eigenvalue weighted by atomic mass is 9.78. The monoisotopic (exact) mass is 396 g/mol. The standard InChI is InChI=1S/C21H17ClN2O4/c1-2-27-21(26)17-15(11-7-9-12(22)10-8-11)16-18(28-19(17)23)13-5-3-4-6-14(13)24-20(16)25/h3-10,15,17,23H,2H2,1H3,(H,24,25). The molecule has 0 aliphatic carbocycles. The lowest BCUT2D eigenvalue weighted by Gasteiger charge is -2.32. The minimum atomic E-state index is -1.06. The van der Waals surface area contributed by atoms with Gasteiger partial charge in [0.15, 0.2) is 0 Å². The predicted molar refractivity (Wildman–Crippen MR) is 106 cm³/mol. The minimum absolute atomic E-state index is 0.164. The second kappa shape index (κ2) is 7.13. The van der Waals surface area contributed by atoms with Crippen molar-refractivity contribution >= 4 is 34.4 Å². The molecular formula is C21H17ClN2O4. The maximum atomic E-state index is 13.0. The number of ether oxygens (including phenoxy) is 2. The second-order valence-corrected chi connectivity index (χ2v) is 6.90. The SMILES string of the molecule is CCOC(=O)C1C(=N)Oc2c(c(=O)[nH]c3ccccc23)C1c1ccc(Cl)cc1. The van der Waals surface area contributed by atoms with E-state index in [1.807, 2.05) is 6.07 Å². The lowest BCUT2D eigenvalue weighted by Crippen LogP contribution is -2.41. The molecule has 0 amide bonds. The van der Waals surface area contributed by atoms with Crippen LogP contribution in [0.4, 0.5) is 0 Å². The first kappa shape index (κ1) is 18.3. The molecule has 28 heavy (non-hydrogen) atoms. The molecule has 0 saturated carbocycles. The highest BCUT2D eigenvalue weighted by molar-refractivity contribution is 6.30. The smallest absolute Gasteiger partial charge is 0.319 e. The Bertz CT molecular complexity index is 1140. The van der Waals surface area contributed by atoms with Crippen molar-refractivity contribution in [1.29, 1.82) is 5.41 Å². The number of aromatic nitrogens is 1. The number of carbonyl (C=O) groups excluding carboxylic acids is 1. The number of pyridine rings is 1. The van der Waals surface area contributed by atoms with Crippen molar-refractivity contribution in [3.63, 3.8) is 0 Å². The van der Waals surface area contributed by atoms with E-state index in [0.29, 0.717) is 32.8 Å². The van der Waals surface area contributed by atoms with Crippen LogP contribution in [0.1, 0.15) is 24.0 Å². The third kappa shape index (κ3) is 2.96. The molecule has 2 N–H and O–H groups in total. The van der Waals surface area contributed by atoms with Crippen molar-refractivity contribution in [1.82, 2.24) is 4.98 Å². The number of rotatable bonds is 3. The van der Waals surface area contributed by atoms with Crippen LogP contribution >= 0.6 is 11.6 Å². The summed E-state index contributed by atoms with van der Waals surface area (Å²) in [6.45, 7) is 1.85. The van der Waals surface area contributed by atoms with Gasteiger partial charge in [0, 0.05) is 16.3 Å². The number of esters is 1. The number of fused-ring (bicyclic) bond motifs is 3. The summed E-state index contributed by atoms with van der Waals surface area (Å²) in [5, 5.41) is 9.59. The van der Waals surface area contributed by atoms with Gasteiger partial charge < -0.3 is 14.5 Å². The number of aromatic amines is 1. The molecule has 0 radical (unpaired) electrons. The first-order valence-corrected chi connectivity index (χ1v) is 9.22. The Hall–Kier alpha value is -3.12. The fourth-order valence-corrected chi connectivity index (χ4v) is 3.74. The van der Waals surface area contributed by atoms with E-state index in [1.165, 1.54) is 0 Å². The second-order valence-electron chi connectivity index (χ2n) is 6.47. The zero-order valence-electron chi connectivity index (χ0n) is 15.0. The number of H-pyrrole nitrogens is 1. The van der Waals surface area contributed by atoms with Gasteiger partial charge in [0.1, 0.15) is 11.7 Å². The zero-order valence-corrected chi connectivity index (χ0v) is 15.7. The lowest BCUT2D eigenvalue weighted by molar-refractivity contribution is -0.146. The minimum Gasteiger partial charge on any atom is -0.465 e. The molecule has 7 heteroatoms. The number of hydrogen-bond donors (Lipinski definition) is 2. The van der Waals surface area contributed by atoms with Crippen LogP contribution in [0.25, 0.3) is 10.9 Å². The molecule has 2 heterocycles. The van der Waals surface area contributed by atoms with Gasteiger partial charge in [0.2, 0.25) is 5.90 Å². The molecule has 1 aliphatic heterocycles. The Morgan fingerprint density at radius 2 is 1.93 bits per heavy atom. The summed E-state index contributed by atoms with van der Waals surface area (Å²) in [7, 11) is 0. The van der Waals surface area contributed by atoms with Gasteiger partial charge in [-0.2, -0.15) is 0 Å². The molecule has 1 aliphatic rings. The normalized spacial score (nSPS) is 18.4. The van der Waals surface area contributed by atoms with Gasteiger partial charge in [0.05, 0.1) is 17.7 Å². The summed E-state index contributed by atoms with van der Waals surface area (Å²) in [4.78, 5) is 28.5. The van der Waals surface area contributed by atoms with Crippen LogP contribution in [0.2, 0.25) is 5.02 Å². The maximum Gasteiger partial charge on any atom is 0.319 e. The Balaban J connectivity index is 2.01. The number of benzene rings is 2. The van der Waals surface area contributed by atoms with E-state index in [2.05, 4.69) is 4.98 Å². The van der Waals surface area contributed by atoms with Gasteiger partial charge >= 0.3 is 5.97 Å². The third-order valence-corrected chi connectivity index (χ3v) is 5.07. The van der Waals surface area contributed by atoms with Crippen molar-refractivity contribution in [2.45, 2.75) is 12.8 Å². The fraction of sp³-hybridized carbons (Fsp3) is 0.190. The Labute approximate surface area is 165 Å². The maximum absolute atomic E-state index is 13.0. The van der Waals surface area contributed by atoms with Gasteiger partial charge in [-0.25, -0.2) is 0 Å². The first-order valence-electron chi connectivity index (χ1n) is 8.84. The number of hydrogen-bond acceptors (Lipinski definition) is 5. The molecule has 0 fully saturated rings. The van der Waals surface area contributed by atoms with Crippen LogP contribution in [-0.4, -0.2) is 23.5 Å². The van der Waals surface area contributed by atoms with E-state index >= 15 is 0 Å². The van der Waals surface area contributed by atoms with Crippen molar-refractivity contribution in [3.8, 4) is 5.75 Å². The molecule has 3 aromatic rings. The van der Waals surface area contributed by atoms with Crippen molar-refractivity contribution in [2.24, 2.45) is 5.92 Å². The van der Waals surface area contributed by atoms with Gasteiger partial charge in [-0.05, 0) is 36.8 Å². The number of carbonyl (C=O) groups is 1. The number of para-hydroxylation sites is 1. The summed E-state index contributed by atoms with van der Waals surface area (Å²) in [6, 6.07) is 14.1. The third-order valence-electron chi connectivity index (χ3n) is 4.82. The highest BCUT2D eigenvalue weighted by Gasteiger charge is 2.44. The Kier molecular flexibility index (Phi) is 4.65. The number of halogens is 1. The highest BCUT2D eigenvalue weighted by atomic mass is 35.5. The zero-order chi connectivity index (χ0) is 19.8. The molecule has 0 saturated heterocycles. The van der Waals surface area contributed by atoms with Crippen LogP contribution in [-0.2, 0) is 9.53 Å². The number of nitrogens with one attached hydrogen (secondary N) is 2. The summed E-state index contributed by atoms with van der Waals surface area (Å²) in [5.74, 6) is -2.34. The van der Waals surface area contributed by atoms with Gasteiger partial charge in [-0.15, -0.1) is 0 Å². The Morgan fingerprint density at radius 1 is 1.21 bits per heavy atom. The molecule has 0 bridgehead atoms. The van der Waals surface area contributed by atoms with Crippen molar-refractivity contribution in [2.75, 3.05) is 6.61 Å². The van der Waals surface area contributed by atoms with Gasteiger partial charge in [-0.1, -0.05) is 35.9 Å². The van der Waals surface area contributed by atoms with Gasteiger partial charge in [0.25, 0.3) is 5.56 Å². The molecule has 2 aromatic carbocycles. The molecule has 6 nitrogen and oxygen atoms in total. The van der Waals surface area contributed by atoms with Crippen LogP contribution in [0.15, 0.2) is 53.3 Å². The predicted octanol–water partition coefficient (Wildman–Crippen LogP) is 3.86. The molecule has 2 unspecified atom stereocenters. The van der Waals surface area contributed by atoms with E-state index in [4.69, 9.17) is 26.5 Å². The van der Waals surface area contributed by atoms with Crippen LogP contribution < -0.4 is 10.3 Å². The molecule has 142 valence electrons. The molecule has 0 spiro atoms. The average molecular weight is 397 g/mol. The fourth-order valence-electron chi connectivity index (χ4n) is 3.62. The topological polar surface area (TPSA) is 92.2 Å². The quantitative estimate of drug-likeness (QED) is 0.657. The summed E-state index contributed by atoms with van der Waals surface area (Å²) in [6.07, 6.45) is 0. The van der Waals surface area contributed by atoms with Crippen molar-refractivity contribution in [3.05, 3.63) is 75.0 Å². The van der Waals surface area contributed by atoms with E-state index < -0.39 is 17.8 Å². The van der Waals surface area contributed by atoms with E-state index in [-0.39, 0.29) is 18.1 Å². The summed E-state index contributed by atoms with van der Waals surface area (Å²) >= 11 is 6.01. The largest absolute Gasteiger partial charge is 0.465 e. The van der Waals surface area contributed by atoms with Crippen LogP contribution in [0.5, 0.6) is 5.75 Å². The van der Waals surface area contributed by atoms with Crippen LogP contribution in [0.3, 0.4) is 0 Å². The Morgan fingerprint density at radius 3 is 2.64 bits per heavy atom. The van der Waals surface area contributed by atoms with E-state index in [9.17, 15) is 9.59 Å². The van der Waals surface area contributed by atoms with Crippen LogP contribution in [0, 0.1) is 11.3 Å². The van der Waals surface area contributed by atoms with E-state index in [1.54, 1.807) is 49.4 Å². The molecule has 2 atom stereocenters. The first-order chi connectivity index (χ1) is 13.5. The van der Waals surface area contributed by atoms with E-state index in [0.717, 1.165) is 0 Å². The molecule has 4 rings (SSSR count). The molecule has 1 aromatic heterocycles.